The summed E-state index contributed by atoms with van der Waals surface area (Å²) in [5, 5.41) is 14.4. The summed E-state index contributed by atoms with van der Waals surface area (Å²) in [5.74, 6) is 0.263. The number of rotatable bonds is 14. The van der Waals surface area contributed by atoms with E-state index in [-0.39, 0.29) is 17.5 Å². The topological polar surface area (TPSA) is 93.0 Å². The fraction of sp³-hybridized carbons (Fsp3) is 0.394. The number of carbonyl (C=O) groups excluding carboxylic acids is 1. The molecule has 0 aliphatic carbocycles. The van der Waals surface area contributed by atoms with Crippen LogP contribution in [0.1, 0.15) is 38.0 Å². The zero-order chi connectivity index (χ0) is 32.0. The van der Waals surface area contributed by atoms with Crippen molar-refractivity contribution in [3.05, 3.63) is 97.1 Å². The largest absolute Gasteiger partial charge is 0.497 e. The minimum atomic E-state index is -1.28. The molecule has 2 heterocycles. The van der Waals surface area contributed by atoms with Gasteiger partial charge < -0.3 is 24.5 Å². The van der Waals surface area contributed by atoms with Crippen LogP contribution in [0.5, 0.6) is 5.75 Å². The van der Waals surface area contributed by atoms with Crippen LogP contribution < -0.4 is 15.5 Å². The average Bonchev–Trinajstić information content (AvgIpc) is 3.34. The second kappa shape index (κ2) is 14.9. The Kier molecular flexibility index (Phi) is 11.4. The summed E-state index contributed by atoms with van der Waals surface area (Å²) in [6.07, 6.45) is 0.892. The number of nitrogens with one attached hydrogen (secondary N) is 1. The number of hydrogen-bond donors (Lipinski definition) is 2. The van der Waals surface area contributed by atoms with Crippen molar-refractivity contribution >= 4 is 47.1 Å². The number of likely N-dealkylation sites (N-methyl/N-ethyl adjacent to an activating group) is 1. The average molecular weight is 656 g/mol. The first-order chi connectivity index (χ1) is 20.9. The fourth-order valence-electron chi connectivity index (χ4n) is 4.90. The lowest BCUT2D eigenvalue weighted by Crippen LogP contribution is -2.29. The fourth-order valence-corrected chi connectivity index (χ4v) is 7.16. The van der Waals surface area contributed by atoms with Gasteiger partial charge in [0.1, 0.15) is 11.3 Å². The number of aliphatic hydroxyl groups is 1. The number of amides is 1. The van der Waals surface area contributed by atoms with Crippen LogP contribution in [0.4, 0.5) is 0 Å². The number of ether oxygens (including phenoxy) is 2. The minimum Gasteiger partial charge on any atom is -0.497 e. The van der Waals surface area contributed by atoms with Gasteiger partial charge in [-0.1, -0.05) is 55.5 Å². The van der Waals surface area contributed by atoms with E-state index in [4.69, 9.17) is 21.1 Å². The molecule has 0 spiro atoms. The Balaban J connectivity index is 1.60. The molecule has 4 aromatic rings. The summed E-state index contributed by atoms with van der Waals surface area (Å²) in [7, 11) is 4.12. The third-order valence-electron chi connectivity index (χ3n) is 7.42. The number of pyridine rings is 1. The number of aromatic nitrogens is 1. The first-order valence-electron chi connectivity index (χ1n) is 14.6. The zero-order valence-electron chi connectivity index (χ0n) is 26.3. The van der Waals surface area contributed by atoms with Crippen LogP contribution in [0.15, 0.2) is 59.5 Å². The van der Waals surface area contributed by atoms with Gasteiger partial charge in [-0.3, -0.25) is 14.5 Å². The number of nitrogens with zero attached hydrogens (tertiary/aromatic N) is 2. The maximum atomic E-state index is 13.7. The number of benzene rings is 2. The highest BCUT2D eigenvalue weighted by molar-refractivity contribution is 7.19. The van der Waals surface area contributed by atoms with Crippen molar-refractivity contribution in [3.63, 3.8) is 0 Å². The molecule has 44 heavy (non-hydrogen) atoms. The lowest BCUT2D eigenvalue weighted by Gasteiger charge is -2.21. The first-order valence-corrected chi connectivity index (χ1v) is 19.5. The van der Waals surface area contributed by atoms with Crippen molar-refractivity contribution in [2.24, 2.45) is 7.05 Å². The molecule has 0 bridgehead atoms. The van der Waals surface area contributed by atoms with Crippen LogP contribution in [0, 0.1) is 0 Å². The summed E-state index contributed by atoms with van der Waals surface area (Å²) in [6.45, 7) is 9.12. The molecule has 0 fully saturated rings. The van der Waals surface area contributed by atoms with E-state index in [9.17, 15) is 14.7 Å². The van der Waals surface area contributed by atoms with Crippen LogP contribution >= 0.6 is 22.9 Å². The number of aliphatic hydroxyl groups excluding tert-OH is 1. The molecule has 2 aromatic heterocycles. The van der Waals surface area contributed by atoms with Gasteiger partial charge in [-0.15, -0.1) is 11.3 Å². The molecule has 0 radical (unpaired) electrons. The molecule has 4 rings (SSSR count). The van der Waals surface area contributed by atoms with Crippen molar-refractivity contribution in [2.45, 2.75) is 51.5 Å². The van der Waals surface area contributed by atoms with Crippen LogP contribution in [0.2, 0.25) is 30.7 Å². The number of methoxy groups -OCH3 is 1. The zero-order valence-corrected chi connectivity index (χ0v) is 28.8. The van der Waals surface area contributed by atoms with Gasteiger partial charge >= 0.3 is 0 Å². The molecule has 1 unspecified atom stereocenters. The van der Waals surface area contributed by atoms with Gasteiger partial charge in [-0.05, 0) is 48.5 Å². The van der Waals surface area contributed by atoms with Gasteiger partial charge in [-0.25, -0.2) is 0 Å². The highest BCUT2D eigenvalue weighted by atomic mass is 35.5. The maximum absolute atomic E-state index is 13.7. The Morgan fingerprint density at radius 3 is 2.59 bits per heavy atom. The summed E-state index contributed by atoms with van der Waals surface area (Å²) >= 11 is 7.37. The van der Waals surface area contributed by atoms with Crippen molar-refractivity contribution in [2.75, 3.05) is 27.3 Å². The molecule has 11 heteroatoms. The normalized spacial score (nSPS) is 12.6. The van der Waals surface area contributed by atoms with E-state index in [1.54, 1.807) is 25.4 Å². The Hall–Kier alpha value is -2.99. The first kappa shape index (κ1) is 33.9. The van der Waals surface area contributed by atoms with E-state index in [0.717, 1.165) is 33.1 Å². The van der Waals surface area contributed by atoms with E-state index in [0.29, 0.717) is 41.8 Å². The van der Waals surface area contributed by atoms with Crippen LogP contribution in [-0.2, 0) is 31.5 Å². The van der Waals surface area contributed by atoms with Gasteiger partial charge in [0.25, 0.3) is 5.91 Å². The summed E-state index contributed by atoms with van der Waals surface area (Å²) < 4.78 is 13.9. The minimum absolute atomic E-state index is 0.0924. The van der Waals surface area contributed by atoms with E-state index in [1.807, 2.05) is 60.0 Å². The number of aryl methyl sites for hydroxylation is 1. The smallest absolute Gasteiger partial charge is 0.257 e. The quantitative estimate of drug-likeness (QED) is 0.124. The van der Waals surface area contributed by atoms with Crippen LogP contribution in [-0.4, -0.2) is 55.9 Å². The van der Waals surface area contributed by atoms with E-state index in [2.05, 4.69) is 25.0 Å². The number of halogens is 1. The molecule has 1 atom stereocenters. The van der Waals surface area contributed by atoms with Gasteiger partial charge in [0.15, 0.2) is 0 Å². The summed E-state index contributed by atoms with van der Waals surface area (Å²) in [5.41, 5.74) is 3.16. The van der Waals surface area contributed by atoms with Crippen molar-refractivity contribution in [1.29, 1.82) is 0 Å². The van der Waals surface area contributed by atoms with Crippen LogP contribution in [0.3, 0.4) is 0 Å². The highest BCUT2D eigenvalue weighted by Gasteiger charge is 2.23. The van der Waals surface area contributed by atoms with E-state index in [1.165, 1.54) is 11.3 Å². The van der Waals surface area contributed by atoms with Gasteiger partial charge in [0.2, 0.25) is 5.43 Å². The predicted octanol–water partition coefficient (Wildman–Crippen LogP) is 6.21. The molecule has 2 N–H and O–H groups in total. The molecular formula is C33H42ClN3O5SSi. The Morgan fingerprint density at radius 1 is 1.18 bits per heavy atom. The lowest BCUT2D eigenvalue weighted by molar-refractivity contribution is 0.0949. The molecule has 2 aromatic carbocycles. The number of fused-ring (bicyclic) bond motifs is 1. The molecule has 0 saturated heterocycles. The SMILES string of the molecule is COc1cccc(C(O)CN(C)Cc2sc3c(=O)c(C(=O)NCc4ccc(Cl)cc4)cn(C)c3c2COCC[Si](C)(C)C)c1. The van der Waals surface area contributed by atoms with Crippen molar-refractivity contribution < 1.29 is 19.4 Å². The second-order valence-electron chi connectivity index (χ2n) is 12.3. The second-order valence-corrected chi connectivity index (χ2v) is 19.5. The van der Waals surface area contributed by atoms with Gasteiger partial charge in [0, 0.05) is 63.0 Å². The van der Waals surface area contributed by atoms with Gasteiger partial charge in [0.05, 0.1) is 30.0 Å². The molecule has 8 nitrogen and oxygen atoms in total. The maximum Gasteiger partial charge on any atom is 0.257 e. The Labute approximate surface area is 269 Å². The van der Waals surface area contributed by atoms with E-state index < -0.39 is 20.1 Å². The number of hydrogen-bond acceptors (Lipinski definition) is 7. The molecule has 0 saturated carbocycles. The van der Waals surface area contributed by atoms with Gasteiger partial charge in [-0.2, -0.15) is 0 Å². The predicted molar refractivity (Wildman–Crippen MR) is 182 cm³/mol. The van der Waals surface area contributed by atoms with E-state index >= 15 is 0 Å². The standard InChI is InChI=1S/C33H42ClN3O5SSi/c1-36(19-28(38)23-8-7-9-25(16-23)41-3)20-29-27(21-42-14-15-44(4,5)6)30-32(43-29)31(39)26(18-37(30)2)33(40)35-17-22-10-12-24(34)13-11-22/h7-13,16,18,28,38H,14-15,17,19-21H2,1-6H3,(H,35,40). The molecular weight excluding hydrogens is 614 g/mol. The van der Waals surface area contributed by atoms with Crippen molar-refractivity contribution in [3.8, 4) is 5.75 Å². The Bertz CT molecular complexity index is 1650. The van der Waals surface area contributed by atoms with Crippen molar-refractivity contribution in [1.82, 2.24) is 14.8 Å². The third kappa shape index (κ3) is 8.80. The monoisotopic (exact) mass is 655 g/mol. The lowest BCUT2D eigenvalue weighted by atomic mass is 10.1. The van der Waals surface area contributed by atoms with Crippen LogP contribution in [0.25, 0.3) is 10.2 Å². The molecule has 0 aliphatic rings. The molecule has 236 valence electrons. The number of carbonyl (C=O) groups is 1. The Morgan fingerprint density at radius 2 is 1.91 bits per heavy atom. The number of thiophene rings is 1. The molecule has 1 amide bonds. The summed E-state index contributed by atoms with van der Waals surface area (Å²) in [4.78, 5) is 29.9. The highest BCUT2D eigenvalue weighted by Crippen LogP contribution is 2.32. The molecule has 0 aliphatic heterocycles. The third-order valence-corrected chi connectivity index (χ3v) is 10.6. The summed E-state index contributed by atoms with van der Waals surface area (Å²) in [6, 6.07) is 15.7.